The first-order valence-electron chi connectivity index (χ1n) is 9.99. The van der Waals surface area contributed by atoms with E-state index in [2.05, 4.69) is 15.2 Å². The summed E-state index contributed by atoms with van der Waals surface area (Å²) in [5.74, 6) is 0.790. The Kier molecular flexibility index (Phi) is 4.58. The highest BCUT2D eigenvalue weighted by Gasteiger charge is 2.32. The average molecular weight is 389 g/mol. The number of aromatic hydroxyl groups is 1. The van der Waals surface area contributed by atoms with E-state index in [4.69, 9.17) is 4.74 Å². The molecule has 29 heavy (non-hydrogen) atoms. The highest BCUT2D eigenvalue weighted by Crippen LogP contribution is 2.40. The number of allylic oxidation sites excluding steroid dienone is 1. The highest BCUT2D eigenvalue weighted by atomic mass is 16.5. The van der Waals surface area contributed by atoms with Crippen LogP contribution in [0.15, 0.2) is 48.4 Å². The van der Waals surface area contributed by atoms with E-state index in [1.807, 2.05) is 30.5 Å². The first-order chi connectivity index (χ1) is 14.2. The number of H-pyrrole nitrogens is 1. The molecule has 2 aromatic carbocycles. The monoisotopic (exact) mass is 389 g/mol. The number of nitrogens with one attached hydrogen (secondary N) is 2. The predicted octanol–water partition coefficient (Wildman–Crippen LogP) is 3.29. The topological polar surface area (TPSA) is 77.6 Å². The van der Waals surface area contributed by atoms with Gasteiger partial charge < -0.3 is 20.1 Å². The number of Topliss-reactive ketones (excluding diaryl/α,β-unsaturated/α-hetero) is 1. The van der Waals surface area contributed by atoms with Gasteiger partial charge in [-0.05, 0) is 43.8 Å². The number of aromatic amines is 1. The summed E-state index contributed by atoms with van der Waals surface area (Å²) < 4.78 is 6.02. The number of rotatable bonds is 3. The van der Waals surface area contributed by atoms with Gasteiger partial charge in [0.1, 0.15) is 11.5 Å². The minimum atomic E-state index is -0.149. The average Bonchev–Trinajstić information content (AvgIpc) is 3.15. The van der Waals surface area contributed by atoms with Crippen LogP contribution in [0.1, 0.15) is 27.9 Å². The summed E-state index contributed by atoms with van der Waals surface area (Å²) in [5, 5.41) is 14.9. The number of carbonyl (C=O) groups excluding carboxylic acids is 1. The molecule has 0 spiro atoms. The maximum Gasteiger partial charge on any atom is 0.231 e. The van der Waals surface area contributed by atoms with Crippen LogP contribution in [-0.2, 0) is 6.54 Å². The normalized spacial score (nSPS) is 18.8. The Bertz CT molecular complexity index is 1110. The quantitative estimate of drug-likeness (QED) is 0.599. The van der Waals surface area contributed by atoms with Gasteiger partial charge in [-0.15, -0.1) is 0 Å². The van der Waals surface area contributed by atoms with E-state index < -0.39 is 0 Å². The number of hydrogen-bond donors (Lipinski definition) is 3. The van der Waals surface area contributed by atoms with Crippen molar-refractivity contribution in [2.45, 2.75) is 13.0 Å². The van der Waals surface area contributed by atoms with Gasteiger partial charge in [0.15, 0.2) is 5.76 Å². The minimum Gasteiger partial charge on any atom is -0.507 e. The molecule has 0 unspecified atom stereocenters. The van der Waals surface area contributed by atoms with Crippen LogP contribution < -0.4 is 10.1 Å². The van der Waals surface area contributed by atoms with E-state index >= 15 is 0 Å². The maximum absolute atomic E-state index is 13.0. The van der Waals surface area contributed by atoms with Crippen molar-refractivity contribution in [2.75, 3.05) is 26.2 Å². The first-order valence-corrected chi connectivity index (χ1v) is 9.99. The van der Waals surface area contributed by atoms with Crippen LogP contribution in [-0.4, -0.2) is 47.0 Å². The van der Waals surface area contributed by atoms with Crippen molar-refractivity contribution in [2.24, 2.45) is 0 Å². The number of phenolic OH excluding ortho intramolecular Hbond substituents is 1. The Morgan fingerprint density at radius 1 is 1.14 bits per heavy atom. The van der Waals surface area contributed by atoms with Crippen molar-refractivity contribution >= 4 is 22.8 Å². The molecule has 6 heteroatoms. The van der Waals surface area contributed by atoms with Crippen LogP contribution >= 0.6 is 0 Å². The maximum atomic E-state index is 13.0. The summed E-state index contributed by atoms with van der Waals surface area (Å²) >= 11 is 0. The van der Waals surface area contributed by atoms with Crippen LogP contribution in [0.2, 0.25) is 0 Å². The second-order valence-electron chi connectivity index (χ2n) is 7.55. The van der Waals surface area contributed by atoms with E-state index in [1.165, 1.54) is 0 Å². The molecule has 3 aromatic rings. The molecule has 0 aliphatic carbocycles. The van der Waals surface area contributed by atoms with Crippen LogP contribution in [0.3, 0.4) is 0 Å². The molecular formula is C23H23N3O3. The van der Waals surface area contributed by atoms with Crippen LogP contribution in [0.25, 0.3) is 17.0 Å². The van der Waals surface area contributed by atoms with E-state index in [9.17, 15) is 9.90 Å². The molecule has 1 fully saturated rings. The lowest BCUT2D eigenvalue weighted by Crippen LogP contribution is -2.27. The van der Waals surface area contributed by atoms with Gasteiger partial charge in [-0.25, -0.2) is 0 Å². The number of hydrogen-bond acceptors (Lipinski definition) is 5. The molecular weight excluding hydrogens is 366 g/mol. The Balaban J connectivity index is 1.48. The van der Waals surface area contributed by atoms with Gasteiger partial charge >= 0.3 is 0 Å². The lowest BCUT2D eigenvalue weighted by atomic mass is 10.0. The number of ketones is 1. The summed E-state index contributed by atoms with van der Waals surface area (Å²) in [6.45, 7) is 4.32. The van der Waals surface area contributed by atoms with Crippen molar-refractivity contribution in [1.82, 2.24) is 15.2 Å². The van der Waals surface area contributed by atoms with Gasteiger partial charge in [-0.1, -0.05) is 18.2 Å². The molecule has 3 heterocycles. The fourth-order valence-electron chi connectivity index (χ4n) is 4.09. The number of aromatic nitrogens is 1. The molecule has 5 rings (SSSR count). The van der Waals surface area contributed by atoms with Gasteiger partial charge in [0.05, 0.1) is 11.1 Å². The highest BCUT2D eigenvalue weighted by molar-refractivity contribution is 6.15. The molecule has 2 aliphatic heterocycles. The van der Waals surface area contributed by atoms with Gasteiger partial charge in [0, 0.05) is 42.3 Å². The van der Waals surface area contributed by atoms with Crippen molar-refractivity contribution in [3.63, 3.8) is 0 Å². The van der Waals surface area contributed by atoms with Crippen molar-refractivity contribution in [3.8, 4) is 11.5 Å². The molecule has 6 nitrogen and oxygen atoms in total. The van der Waals surface area contributed by atoms with Gasteiger partial charge in [-0.2, -0.15) is 0 Å². The second-order valence-corrected chi connectivity index (χ2v) is 7.55. The third-order valence-electron chi connectivity index (χ3n) is 5.64. The van der Waals surface area contributed by atoms with Crippen LogP contribution in [0.4, 0.5) is 0 Å². The molecule has 1 aromatic heterocycles. The Morgan fingerprint density at radius 2 is 2.03 bits per heavy atom. The third-order valence-corrected chi connectivity index (χ3v) is 5.64. The largest absolute Gasteiger partial charge is 0.507 e. The minimum absolute atomic E-state index is 0.149. The van der Waals surface area contributed by atoms with Crippen LogP contribution in [0, 0.1) is 0 Å². The van der Waals surface area contributed by atoms with E-state index in [-0.39, 0.29) is 17.3 Å². The summed E-state index contributed by atoms with van der Waals surface area (Å²) in [4.78, 5) is 18.5. The van der Waals surface area contributed by atoms with Crippen molar-refractivity contribution in [3.05, 3.63) is 65.0 Å². The molecule has 1 saturated heterocycles. The molecule has 0 atom stereocenters. The molecule has 2 aliphatic rings. The van der Waals surface area contributed by atoms with Crippen molar-refractivity contribution in [1.29, 1.82) is 0 Å². The number of para-hydroxylation sites is 1. The number of phenols is 1. The van der Waals surface area contributed by atoms with Crippen LogP contribution in [0.5, 0.6) is 11.5 Å². The van der Waals surface area contributed by atoms with Gasteiger partial charge in [-0.3, -0.25) is 9.69 Å². The molecule has 0 saturated carbocycles. The molecule has 0 radical (unpaired) electrons. The Hall–Kier alpha value is -3.09. The SMILES string of the molecule is O=C1/C(=C/c2c[nH]c3ccccc23)Oc2c1ccc(O)c2CN1CCCNCC1. The van der Waals surface area contributed by atoms with E-state index in [0.717, 1.165) is 49.1 Å². The number of carbonyl (C=O) groups is 1. The summed E-state index contributed by atoms with van der Waals surface area (Å²) in [6.07, 6.45) is 4.71. The number of ether oxygens (including phenoxy) is 1. The zero-order chi connectivity index (χ0) is 19.8. The third kappa shape index (κ3) is 3.30. The van der Waals surface area contributed by atoms with E-state index in [0.29, 0.717) is 23.4 Å². The zero-order valence-electron chi connectivity index (χ0n) is 16.1. The molecule has 148 valence electrons. The number of nitrogens with zero attached hydrogens (tertiary/aromatic N) is 1. The Labute approximate surface area is 168 Å². The summed E-state index contributed by atoms with van der Waals surface area (Å²) in [7, 11) is 0. The molecule has 0 bridgehead atoms. The van der Waals surface area contributed by atoms with Crippen molar-refractivity contribution < 1.29 is 14.6 Å². The lowest BCUT2D eigenvalue weighted by molar-refractivity contribution is 0.101. The second kappa shape index (κ2) is 7.39. The zero-order valence-corrected chi connectivity index (χ0v) is 16.1. The first kappa shape index (κ1) is 18.0. The Morgan fingerprint density at radius 3 is 2.97 bits per heavy atom. The summed E-state index contributed by atoms with van der Waals surface area (Å²) in [6, 6.07) is 11.2. The fourth-order valence-corrected chi connectivity index (χ4v) is 4.09. The smallest absolute Gasteiger partial charge is 0.231 e. The predicted molar refractivity (Wildman–Crippen MR) is 112 cm³/mol. The van der Waals surface area contributed by atoms with Gasteiger partial charge in [0.25, 0.3) is 0 Å². The molecule has 3 N–H and O–H groups in total. The number of fused-ring (bicyclic) bond motifs is 2. The van der Waals surface area contributed by atoms with E-state index in [1.54, 1.807) is 18.2 Å². The number of benzene rings is 2. The lowest BCUT2D eigenvalue weighted by Gasteiger charge is -2.21. The fraction of sp³-hybridized carbons (Fsp3) is 0.261. The van der Waals surface area contributed by atoms with Gasteiger partial charge in [0.2, 0.25) is 5.78 Å². The summed E-state index contributed by atoms with van der Waals surface area (Å²) in [5.41, 5.74) is 3.11. The molecule has 0 amide bonds. The standard InChI is InChI=1S/C23H23N3O3/c27-20-7-6-17-22(28)21(12-15-13-25-19-5-2-1-4-16(15)19)29-23(17)18(20)14-26-10-3-8-24-9-11-26/h1-2,4-7,12-13,24-25,27H,3,8-11,14H2/b21-12-.